The third-order valence-electron chi connectivity index (χ3n) is 4.10. The monoisotopic (exact) mass is 347 g/mol. The summed E-state index contributed by atoms with van der Waals surface area (Å²) in [6, 6.07) is 8.69. The number of rotatable bonds is 4. The minimum atomic E-state index is -3.43. The first-order chi connectivity index (χ1) is 11.4. The Bertz CT molecular complexity index is 798. The van der Waals surface area contributed by atoms with Crippen molar-refractivity contribution in [3.63, 3.8) is 0 Å². The maximum atomic E-state index is 12.7. The van der Waals surface area contributed by atoms with Gasteiger partial charge in [-0.1, -0.05) is 17.7 Å². The van der Waals surface area contributed by atoms with Gasteiger partial charge in [-0.2, -0.15) is 9.29 Å². The van der Waals surface area contributed by atoms with E-state index in [1.54, 1.807) is 24.4 Å². The third-order valence-corrected chi connectivity index (χ3v) is 6.01. The van der Waals surface area contributed by atoms with Gasteiger partial charge in [-0.25, -0.2) is 13.4 Å². The van der Waals surface area contributed by atoms with E-state index in [1.165, 1.54) is 4.31 Å². The molecule has 0 N–H and O–H groups in total. The summed E-state index contributed by atoms with van der Waals surface area (Å²) in [6.07, 6.45) is 2.93. The van der Waals surface area contributed by atoms with Crippen molar-refractivity contribution in [2.24, 2.45) is 0 Å². The summed E-state index contributed by atoms with van der Waals surface area (Å²) in [4.78, 5) is 8.61. The van der Waals surface area contributed by atoms with Crippen molar-refractivity contribution in [1.82, 2.24) is 14.3 Å². The summed E-state index contributed by atoms with van der Waals surface area (Å²) in [5.41, 5.74) is 1.04. The number of hydrogen-bond acceptors (Lipinski definition) is 5. The predicted molar refractivity (Wildman–Crippen MR) is 90.4 cm³/mol. The van der Waals surface area contributed by atoms with Gasteiger partial charge in [0.15, 0.2) is 0 Å². The molecule has 2 heterocycles. The lowest BCUT2D eigenvalue weighted by Crippen LogP contribution is -2.41. The second kappa shape index (κ2) is 6.86. The molecule has 1 saturated heterocycles. The smallest absolute Gasteiger partial charge is 0.243 e. The van der Waals surface area contributed by atoms with Crippen LogP contribution in [-0.4, -0.2) is 41.9 Å². The first kappa shape index (κ1) is 16.9. The quantitative estimate of drug-likeness (QED) is 0.849. The maximum Gasteiger partial charge on any atom is 0.243 e. The van der Waals surface area contributed by atoms with Gasteiger partial charge in [0.2, 0.25) is 15.9 Å². The molecule has 0 amide bonds. The number of nitrogens with zero attached hydrogens (tertiary/aromatic N) is 3. The van der Waals surface area contributed by atoms with Crippen molar-refractivity contribution in [3.8, 4) is 5.88 Å². The predicted octanol–water partition coefficient (Wildman–Crippen LogP) is 2.33. The molecule has 0 aliphatic carbocycles. The molecule has 3 rings (SSSR count). The lowest BCUT2D eigenvalue weighted by molar-refractivity contribution is 0.129. The molecule has 1 aromatic heterocycles. The van der Waals surface area contributed by atoms with E-state index in [0.29, 0.717) is 42.5 Å². The highest BCUT2D eigenvalue weighted by atomic mass is 32.2. The van der Waals surface area contributed by atoms with Gasteiger partial charge in [-0.05, 0) is 38.8 Å². The molecule has 0 saturated carbocycles. The van der Waals surface area contributed by atoms with Crippen molar-refractivity contribution < 1.29 is 13.2 Å². The van der Waals surface area contributed by atoms with E-state index >= 15 is 0 Å². The van der Waals surface area contributed by atoms with Crippen molar-refractivity contribution in [2.75, 3.05) is 13.1 Å². The summed E-state index contributed by atoms with van der Waals surface area (Å²) in [6.45, 7) is 4.65. The van der Waals surface area contributed by atoms with E-state index in [1.807, 2.05) is 26.0 Å². The first-order valence-corrected chi connectivity index (χ1v) is 9.42. The Labute approximate surface area is 142 Å². The van der Waals surface area contributed by atoms with Crippen molar-refractivity contribution in [2.45, 2.75) is 37.7 Å². The van der Waals surface area contributed by atoms with Crippen LogP contribution in [0.1, 0.15) is 24.2 Å². The summed E-state index contributed by atoms with van der Waals surface area (Å²) in [5, 5.41) is 0. The van der Waals surface area contributed by atoms with E-state index < -0.39 is 10.0 Å². The number of hydrogen-bond donors (Lipinski definition) is 0. The van der Waals surface area contributed by atoms with Crippen LogP contribution in [0.3, 0.4) is 0 Å². The van der Waals surface area contributed by atoms with Gasteiger partial charge in [0, 0.05) is 25.4 Å². The fraction of sp³-hybridized carbons (Fsp3) is 0.412. The number of aryl methyl sites for hydroxylation is 2. The topological polar surface area (TPSA) is 72.4 Å². The van der Waals surface area contributed by atoms with E-state index in [4.69, 9.17) is 4.74 Å². The Balaban J connectivity index is 1.63. The van der Waals surface area contributed by atoms with Crippen molar-refractivity contribution >= 4 is 10.0 Å². The van der Waals surface area contributed by atoms with Gasteiger partial charge < -0.3 is 4.74 Å². The Kier molecular flexibility index (Phi) is 4.82. The van der Waals surface area contributed by atoms with Crippen LogP contribution in [0.5, 0.6) is 5.88 Å². The van der Waals surface area contributed by atoms with Crippen LogP contribution < -0.4 is 4.74 Å². The molecule has 2 aromatic rings. The molecule has 0 bridgehead atoms. The normalized spacial score (nSPS) is 16.9. The number of sulfonamides is 1. The van der Waals surface area contributed by atoms with Gasteiger partial charge >= 0.3 is 0 Å². The number of benzene rings is 1. The number of ether oxygens (including phenoxy) is 1. The molecule has 0 unspecified atom stereocenters. The summed E-state index contributed by atoms with van der Waals surface area (Å²) >= 11 is 0. The molecule has 1 aromatic carbocycles. The molecule has 0 radical (unpaired) electrons. The van der Waals surface area contributed by atoms with Gasteiger partial charge in [0.05, 0.1) is 4.90 Å². The Morgan fingerprint density at radius 1 is 1.08 bits per heavy atom. The number of piperidine rings is 1. The van der Waals surface area contributed by atoms with E-state index in [0.717, 1.165) is 5.56 Å². The zero-order valence-corrected chi connectivity index (χ0v) is 14.7. The average Bonchev–Trinajstić information content (AvgIpc) is 2.56. The lowest BCUT2D eigenvalue weighted by atomic mass is 10.1. The van der Waals surface area contributed by atoms with Crippen LogP contribution in [0, 0.1) is 13.8 Å². The Hall–Kier alpha value is -1.99. The van der Waals surface area contributed by atoms with Gasteiger partial charge in [-0.15, -0.1) is 0 Å². The van der Waals surface area contributed by atoms with E-state index in [-0.39, 0.29) is 6.10 Å². The first-order valence-electron chi connectivity index (χ1n) is 7.98. The SMILES string of the molecule is Cc1ccc(S(=O)(=O)N2CCC(Oc3ccnc(C)n3)CC2)cc1. The Morgan fingerprint density at radius 2 is 1.75 bits per heavy atom. The standard InChI is InChI=1S/C17H21N3O3S/c1-13-3-5-16(6-4-13)24(21,22)20-11-8-15(9-12-20)23-17-7-10-18-14(2)19-17/h3-7,10,15H,8-9,11-12H2,1-2H3. The molecular weight excluding hydrogens is 326 g/mol. The second-order valence-electron chi connectivity index (χ2n) is 5.98. The summed E-state index contributed by atoms with van der Waals surface area (Å²) < 4.78 is 32.7. The highest BCUT2D eigenvalue weighted by molar-refractivity contribution is 7.89. The fourth-order valence-electron chi connectivity index (χ4n) is 2.72. The lowest BCUT2D eigenvalue weighted by Gasteiger charge is -2.31. The molecule has 24 heavy (non-hydrogen) atoms. The molecule has 0 atom stereocenters. The largest absolute Gasteiger partial charge is 0.474 e. The minimum Gasteiger partial charge on any atom is -0.474 e. The van der Waals surface area contributed by atoms with Crippen LogP contribution in [-0.2, 0) is 10.0 Å². The van der Waals surface area contributed by atoms with Gasteiger partial charge in [-0.3, -0.25) is 0 Å². The van der Waals surface area contributed by atoms with Crippen LogP contribution >= 0.6 is 0 Å². The molecule has 7 heteroatoms. The molecule has 1 fully saturated rings. The summed E-state index contributed by atoms with van der Waals surface area (Å²) in [5.74, 6) is 1.20. The van der Waals surface area contributed by atoms with Crippen molar-refractivity contribution in [3.05, 3.63) is 47.9 Å². The van der Waals surface area contributed by atoms with E-state index in [2.05, 4.69) is 9.97 Å². The zero-order valence-electron chi connectivity index (χ0n) is 13.8. The molecule has 6 nitrogen and oxygen atoms in total. The van der Waals surface area contributed by atoms with Gasteiger partial charge in [0.1, 0.15) is 11.9 Å². The fourth-order valence-corrected chi connectivity index (χ4v) is 4.19. The minimum absolute atomic E-state index is 0.0243. The van der Waals surface area contributed by atoms with Gasteiger partial charge in [0.25, 0.3) is 0 Å². The zero-order chi connectivity index (χ0) is 17.2. The molecular formula is C17H21N3O3S. The highest BCUT2D eigenvalue weighted by Gasteiger charge is 2.30. The summed E-state index contributed by atoms with van der Waals surface area (Å²) in [7, 11) is -3.43. The van der Waals surface area contributed by atoms with Crippen molar-refractivity contribution in [1.29, 1.82) is 0 Å². The maximum absolute atomic E-state index is 12.7. The third kappa shape index (κ3) is 3.73. The van der Waals surface area contributed by atoms with Crippen LogP contribution in [0.25, 0.3) is 0 Å². The van der Waals surface area contributed by atoms with Crippen LogP contribution in [0.4, 0.5) is 0 Å². The van der Waals surface area contributed by atoms with E-state index in [9.17, 15) is 8.42 Å². The average molecular weight is 347 g/mol. The highest BCUT2D eigenvalue weighted by Crippen LogP contribution is 2.23. The molecule has 1 aliphatic rings. The van der Waals surface area contributed by atoms with Crippen LogP contribution in [0.15, 0.2) is 41.4 Å². The Morgan fingerprint density at radius 3 is 2.38 bits per heavy atom. The second-order valence-corrected chi connectivity index (χ2v) is 7.91. The molecule has 0 spiro atoms. The molecule has 128 valence electrons. The number of aromatic nitrogens is 2. The molecule has 1 aliphatic heterocycles. The van der Waals surface area contributed by atoms with Crippen LogP contribution in [0.2, 0.25) is 0 Å².